The van der Waals surface area contributed by atoms with Gasteiger partial charge in [-0.1, -0.05) is 11.6 Å². The second kappa shape index (κ2) is 9.06. The highest BCUT2D eigenvalue weighted by atomic mass is 35.5. The standard InChI is InChI=1S/C21H25ClN2O4/c1-6-24(20(26)15-8-10-16(22)11-9-15)14(5)19(25)17-12(3)18(23-13(17)4)21(27)28-7-2/h8-11,14,23H,6-7H2,1-5H3. The van der Waals surface area contributed by atoms with Gasteiger partial charge in [0, 0.05) is 28.4 Å². The number of nitrogens with zero attached hydrogens (tertiary/aromatic N) is 1. The molecule has 1 amide bonds. The number of aryl methyl sites for hydroxylation is 1. The van der Waals surface area contributed by atoms with Gasteiger partial charge in [-0.25, -0.2) is 4.79 Å². The lowest BCUT2D eigenvalue weighted by atomic mass is 9.99. The molecule has 0 radical (unpaired) electrons. The second-order valence-corrected chi connectivity index (χ2v) is 6.92. The maximum Gasteiger partial charge on any atom is 0.355 e. The molecule has 2 rings (SSSR count). The van der Waals surface area contributed by atoms with Gasteiger partial charge in [-0.15, -0.1) is 0 Å². The zero-order valence-corrected chi connectivity index (χ0v) is 17.5. The summed E-state index contributed by atoms with van der Waals surface area (Å²) < 4.78 is 5.03. The number of likely N-dealkylation sites (N-methyl/N-ethyl adjacent to an activating group) is 1. The van der Waals surface area contributed by atoms with E-state index in [1.807, 2.05) is 6.92 Å². The van der Waals surface area contributed by atoms with Crippen LogP contribution in [-0.4, -0.2) is 46.7 Å². The van der Waals surface area contributed by atoms with Gasteiger partial charge in [-0.05, 0) is 64.4 Å². The molecule has 0 aliphatic carbocycles. The second-order valence-electron chi connectivity index (χ2n) is 6.48. The predicted octanol–water partition coefficient (Wildman–Crippen LogP) is 4.20. The SMILES string of the molecule is CCOC(=O)c1[nH]c(C)c(C(=O)C(C)N(CC)C(=O)c2ccc(Cl)cc2)c1C. The van der Waals surface area contributed by atoms with Crippen LogP contribution in [0, 0.1) is 13.8 Å². The topological polar surface area (TPSA) is 79.5 Å². The number of aromatic amines is 1. The van der Waals surface area contributed by atoms with Crippen LogP contribution in [0.4, 0.5) is 0 Å². The van der Waals surface area contributed by atoms with E-state index < -0.39 is 12.0 Å². The van der Waals surface area contributed by atoms with Crippen molar-refractivity contribution in [1.29, 1.82) is 0 Å². The number of esters is 1. The third-order valence-corrected chi connectivity index (χ3v) is 4.96. The van der Waals surface area contributed by atoms with Crippen LogP contribution in [0.3, 0.4) is 0 Å². The van der Waals surface area contributed by atoms with Gasteiger partial charge < -0.3 is 14.6 Å². The van der Waals surface area contributed by atoms with Crippen molar-refractivity contribution < 1.29 is 19.1 Å². The van der Waals surface area contributed by atoms with E-state index >= 15 is 0 Å². The van der Waals surface area contributed by atoms with Crippen molar-refractivity contribution in [3.63, 3.8) is 0 Å². The summed E-state index contributed by atoms with van der Waals surface area (Å²) >= 11 is 5.89. The Labute approximate surface area is 169 Å². The number of rotatable bonds is 7. The van der Waals surface area contributed by atoms with Crippen LogP contribution in [0.5, 0.6) is 0 Å². The summed E-state index contributed by atoms with van der Waals surface area (Å²) in [4.78, 5) is 42.6. The van der Waals surface area contributed by atoms with Gasteiger partial charge >= 0.3 is 5.97 Å². The number of nitrogens with one attached hydrogen (secondary N) is 1. The van der Waals surface area contributed by atoms with Crippen molar-refractivity contribution >= 4 is 29.3 Å². The number of hydrogen-bond donors (Lipinski definition) is 1. The number of carbonyl (C=O) groups excluding carboxylic acids is 3. The first-order chi connectivity index (χ1) is 13.2. The highest BCUT2D eigenvalue weighted by Crippen LogP contribution is 2.23. The Kier molecular flexibility index (Phi) is 7.02. The Bertz CT molecular complexity index is 887. The van der Waals surface area contributed by atoms with Crippen LogP contribution in [0.2, 0.25) is 5.02 Å². The summed E-state index contributed by atoms with van der Waals surface area (Å²) in [6.07, 6.45) is 0. The summed E-state index contributed by atoms with van der Waals surface area (Å²) in [6.45, 7) is 9.27. The molecule has 1 N–H and O–H groups in total. The third kappa shape index (κ3) is 4.28. The Hall–Kier alpha value is -2.60. The molecule has 2 aromatic rings. The molecule has 0 aliphatic rings. The van der Waals surface area contributed by atoms with E-state index in [0.29, 0.717) is 34.0 Å². The minimum atomic E-state index is -0.698. The van der Waals surface area contributed by atoms with E-state index in [0.717, 1.165) is 0 Å². The minimum absolute atomic E-state index is 0.231. The number of ether oxygens (including phenoxy) is 1. The highest BCUT2D eigenvalue weighted by molar-refractivity contribution is 6.30. The zero-order valence-electron chi connectivity index (χ0n) is 16.8. The first kappa shape index (κ1) is 21.7. The largest absolute Gasteiger partial charge is 0.461 e. The number of ketones is 1. The normalized spacial score (nSPS) is 11.8. The van der Waals surface area contributed by atoms with Crippen LogP contribution < -0.4 is 0 Å². The van der Waals surface area contributed by atoms with E-state index in [1.54, 1.807) is 52.0 Å². The molecular formula is C21H25ClN2O4. The van der Waals surface area contributed by atoms with Gasteiger partial charge in [0.05, 0.1) is 12.6 Å². The lowest BCUT2D eigenvalue weighted by molar-refractivity contribution is 0.0519. The minimum Gasteiger partial charge on any atom is -0.461 e. The van der Waals surface area contributed by atoms with E-state index in [4.69, 9.17) is 16.3 Å². The quantitative estimate of drug-likeness (QED) is 0.554. The fourth-order valence-corrected chi connectivity index (χ4v) is 3.36. The zero-order chi connectivity index (χ0) is 21.0. The van der Waals surface area contributed by atoms with E-state index in [9.17, 15) is 14.4 Å². The van der Waals surface area contributed by atoms with Gasteiger partial charge in [0.2, 0.25) is 0 Å². The number of amides is 1. The van der Waals surface area contributed by atoms with Crippen molar-refractivity contribution in [3.05, 3.63) is 57.4 Å². The predicted molar refractivity (Wildman–Crippen MR) is 108 cm³/mol. The molecule has 0 saturated carbocycles. The molecule has 0 spiro atoms. The fourth-order valence-electron chi connectivity index (χ4n) is 3.23. The highest BCUT2D eigenvalue weighted by Gasteiger charge is 2.31. The van der Waals surface area contributed by atoms with Gasteiger partial charge in [-0.2, -0.15) is 0 Å². The molecule has 7 heteroatoms. The van der Waals surface area contributed by atoms with Crippen molar-refractivity contribution in [3.8, 4) is 0 Å². The number of H-pyrrole nitrogens is 1. The van der Waals surface area contributed by atoms with Crippen molar-refractivity contribution in [2.24, 2.45) is 0 Å². The molecule has 1 aromatic heterocycles. The molecule has 0 aliphatic heterocycles. The Morgan fingerprint density at radius 2 is 1.75 bits per heavy atom. The fraction of sp³-hybridized carbons (Fsp3) is 0.381. The first-order valence-electron chi connectivity index (χ1n) is 9.19. The number of aromatic nitrogens is 1. The molecule has 0 fully saturated rings. The smallest absolute Gasteiger partial charge is 0.355 e. The molecule has 0 bridgehead atoms. The van der Waals surface area contributed by atoms with Crippen molar-refractivity contribution in [1.82, 2.24) is 9.88 Å². The molecule has 1 aromatic carbocycles. The molecule has 0 saturated heterocycles. The maximum absolute atomic E-state index is 13.2. The van der Waals surface area contributed by atoms with E-state index in [-0.39, 0.29) is 24.0 Å². The summed E-state index contributed by atoms with van der Waals surface area (Å²) in [5.74, 6) is -0.984. The summed E-state index contributed by atoms with van der Waals surface area (Å²) in [5.41, 5.74) is 2.25. The molecule has 1 atom stereocenters. The van der Waals surface area contributed by atoms with Crippen molar-refractivity contribution in [2.45, 2.75) is 40.7 Å². The van der Waals surface area contributed by atoms with Crippen LogP contribution in [-0.2, 0) is 4.74 Å². The lowest BCUT2D eigenvalue weighted by Crippen LogP contribution is -2.43. The Balaban J connectivity index is 2.33. The van der Waals surface area contributed by atoms with Gasteiger partial charge in [0.1, 0.15) is 5.69 Å². The molecular weight excluding hydrogens is 380 g/mol. The Morgan fingerprint density at radius 1 is 1.14 bits per heavy atom. The molecule has 6 nitrogen and oxygen atoms in total. The average molecular weight is 405 g/mol. The van der Waals surface area contributed by atoms with Crippen LogP contribution in [0.25, 0.3) is 0 Å². The molecule has 1 heterocycles. The van der Waals surface area contributed by atoms with Gasteiger partial charge in [-0.3, -0.25) is 9.59 Å². The molecule has 150 valence electrons. The Morgan fingerprint density at radius 3 is 2.29 bits per heavy atom. The molecule has 1 unspecified atom stereocenters. The van der Waals surface area contributed by atoms with Crippen LogP contribution >= 0.6 is 11.6 Å². The van der Waals surface area contributed by atoms with Gasteiger partial charge in [0.25, 0.3) is 5.91 Å². The number of benzene rings is 1. The number of carbonyl (C=O) groups is 3. The van der Waals surface area contributed by atoms with Crippen LogP contribution in [0.1, 0.15) is 63.2 Å². The number of Topliss-reactive ketones (excluding diaryl/α,β-unsaturated/α-hetero) is 1. The summed E-state index contributed by atoms with van der Waals surface area (Å²) in [7, 11) is 0. The summed E-state index contributed by atoms with van der Waals surface area (Å²) in [5, 5.41) is 0.536. The van der Waals surface area contributed by atoms with E-state index in [1.165, 1.54) is 4.90 Å². The summed E-state index contributed by atoms with van der Waals surface area (Å²) in [6, 6.07) is 5.85. The van der Waals surface area contributed by atoms with Crippen molar-refractivity contribution in [2.75, 3.05) is 13.2 Å². The average Bonchev–Trinajstić information content (AvgIpc) is 2.96. The lowest BCUT2D eigenvalue weighted by Gasteiger charge is -2.27. The monoisotopic (exact) mass is 404 g/mol. The van der Waals surface area contributed by atoms with Crippen LogP contribution in [0.15, 0.2) is 24.3 Å². The number of hydrogen-bond acceptors (Lipinski definition) is 4. The van der Waals surface area contributed by atoms with E-state index in [2.05, 4.69) is 4.98 Å². The first-order valence-corrected chi connectivity index (χ1v) is 9.57. The number of halogens is 1. The molecule has 28 heavy (non-hydrogen) atoms. The maximum atomic E-state index is 13.2. The third-order valence-electron chi connectivity index (χ3n) is 4.70. The van der Waals surface area contributed by atoms with Gasteiger partial charge in [0.15, 0.2) is 5.78 Å².